The molecule has 7 heteroatoms. The molecular weight excluding hydrogens is 416 g/mol. The molecule has 0 amide bonds. The number of hydrogen-bond donors (Lipinski definition) is 0. The smallest absolute Gasteiger partial charge is 0.348 e. The third-order valence-electron chi connectivity index (χ3n) is 4.35. The molecule has 0 radical (unpaired) electrons. The highest BCUT2D eigenvalue weighted by Crippen LogP contribution is 2.26. The molecule has 6 nitrogen and oxygen atoms in total. The van der Waals surface area contributed by atoms with Gasteiger partial charge in [0, 0.05) is 16.7 Å². The predicted molar refractivity (Wildman–Crippen MR) is 117 cm³/mol. The van der Waals surface area contributed by atoms with Crippen LogP contribution in [0.15, 0.2) is 84.9 Å². The van der Waals surface area contributed by atoms with Gasteiger partial charge in [0.2, 0.25) is 5.88 Å². The van der Waals surface area contributed by atoms with Crippen LogP contribution < -0.4 is 14.2 Å². The summed E-state index contributed by atoms with van der Waals surface area (Å²) in [6.45, 7) is 0. The number of esters is 1. The lowest BCUT2D eigenvalue weighted by Crippen LogP contribution is -2.11. The van der Waals surface area contributed by atoms with Crippen molar-refractivity contribution in [2.45, 2.75) is 0 Å². The molecule has 0 spiro atoms. The van der Waals surface area contributed by atoms with E-state index in [9.17, 15) is 4.79 Å². The third kappa shape index (κ3) is 4.99. The number of hydrogen-bond acceptors (Lipinski definition) is 6. The summed E-state index contributed by atoms with van der Waals surface area (Å²) >= 11 is 5.97. The van der Waals surface area contributed by atoms with Crippen molar-refractivity contribution in [3.05, 3.63) is 95.5 Å². The molecule has 1 heterocycles. The monoisotopic (exact) mass is 432 g/mol. The zero-order valence-electron chi connectivity index (χ0n) is 16.5. The normalized spacial score (nSPS) is 10.4. The maximum atomic E-state index is 12.4. The Hall–Kier alpha value is -3.90. The Bertz CT molecular complexity index is 1180. The van der Waals surface area contributed by atoms with E-state index < -0.39 is 5.97 Å². The van der Waals surface area contributed by atoms with Crippen molar-refractivity contribution >= 4 is 17.6 Å². The maximum absolute atomic E-state index is 12.4. The molecule has 0 saturated heterocycles. The van der Waals surface area contributed by atoms with E-state index in [0.717, 1.165) is 11.3 Å². The number of nitrogens with zero attached hydrogens (tertiary/aromatic N) is 2. The van der Waals surface area contributed by atoms with Gasteiger partial charge in [-0.25, -0.2) is 4.79 Å². The molecule has 0 saturated carbocycles. The highest BCUT2D eigenvalue weighted by molar-refractivity contribution is 6.31. The quantitative estimate of drug-likeness (QED) is 0.358. The minimum atomic E-state index is -0.635. The Morgan fingerprint density at radius 1 is 0.839 bits per heavy atom. The zero-order valence-corrected chi connectivity index (χ0v) is 17.2. The van der Waals surface area contributed by atoms with E-state index in [-0.39, 0.29) is 11.4 Å². The molecule has 31 heavy (non-hydrogen) atoms. The number of halogens is 1. The van der Waals surface area contributed by atoms with Crippen molar-refractivity contribution in [2.24, 2.45) is 0 Å². The summed E-state index contributed by atoms with van der Waals surface area (Å²) in [5, 5.41) is 8.53. The summed E-state index contributed by atoms with van der Waals surface area (Å²) in [5.41, 5.74) is 1.68. The average Bonchev–Trinajstić information content (AvgIpc) is 2.81. The highest BCUT2D eigenvalue weighted by atomic mass is 35.5. The van der Waals surface area contributed by atoms with Crippen molar-refractivity contribution in [1.29, 1.82) is 0 Å². The molecule has 154 valence electrons. The Labute approximate surface area is 184 Å². The molecule has 4 rings (SSSR count). The van der Waals surface area contributed by atoms with Crippen LogP contribution >= 0.6 is 11.6 Å². The number of ether oxygens (including phenoxy) is 3. The molecule has 0 N–H and O–H groups in total. The molecule has 0 fully saturated rings. The number of methoxy groups -OCH3 is 1. The van der Waals surface area contributed by atoms with Crippen LogP contribution in [0.1, 0.15) is 10.4 Å². The predicted octanol–water partition coefficient (Wildman–Crippen LogP) is 5.82. The topological polar surface area (TPSA) is 70.5 Å². The number of carbonyl (C=O) groups excluding carboxylic acids is 1. The number of rotatable bonds is 6. The van der Waals surface area contributed by atoms with E-state index in [1.165, 1.54) is 13.2 Å². The second-order valence-electron chi connectivity index (χ2n) is 6.43. The van der Waals surface area contributed by atoms with Crippen LogP contribution in [0.2, 0.25) is 5.02 Å². The van der Waals surface area contributed by atoms with E-state index in [4.69, 9.17) is 25.8 Å². The minimum Gasteiger partial charge on any atom is -0.496 e. The largest absolute Gasteiger partial charge is 0.496 e. The first-order valence-electron chi connectivity index (χ1n) is 9.35. The lowest BCUT2D eigenvalue weighted by atomic mass is 10.1. The van der Waals surface area contributed by atoms with Crippen LogP contribution in [-0.4, -0.2) is 23.3 Å². The Balaban J connectivity index is 1.45. The SMILES string of the molecule is COc1ccc(Cl)cc1C(=O)Oc1ccc(-c2ccc(Oc3ccccc3)cc2)nn1. The number of aromatic nitrogens is 2. The zero-order chi connectivity index (χ0) is 21.6. The fraction of sp³-hybridized carbons (Fsp3) is 0.0417. The fourth-order valence-electron chi connectivity index (χ4n) is 2.84. The molecular formula is C24H17ClN2O4. The highest BCUT2D eigenvalue weighted by Gasteiger charge is 2.16. The van der Waals surface area contributed by atoms with Crippen molar-refractivity contribution in [3.8, 4) is 34.4 Å². The molecule has 0 atom stereocenters. The number of benzene rings is 3. The molecule has 1 aromatic heterocycles. The van der Waals surface area contributed by atoms with E-state index in [1.807, 2.05) is 54.6 Å². The molecule has 0 bridgehead atoms. The van der Waals surface area contributed by atoms with E-state index in [0.29, 0.717) is 22.2 Å². The third-order valence-corrected chi connectivity index (χ3v) is 4.58. The Kier molecular flexibility index (Phi) is 6.10. The summed E-state index contributed by atoms with van der Waals surface area (Å²) in [6.07, 6.45) is 0. The summed E-state index contributed by atoms with van der Waals surface area (Å²) in [5.74, 6) is 1.27. The standard InChI is InChI=1S/C24H17ClN2O4/c1-29-22-13-9-17(25)15-20(22)24(28)31-23-14-12-21(26-27-23)16-7-10-19(11-8-16)30-18-5-3-2-4-6-18/h2-15H,1H3. The molecule has 0 aliphatic carbocycles. The van der Waals surface area contributed by atoms with Gasteiger partial charge in [-0.1, -0.05) is 29.8 Å². The summed E-state index contributed by atoms with van der Waals surface area (Å²) in [4.78, 5) is 12.4. The van der Waals surface area contributed by atoms with Gasteiger partial charge < -0.3 is 14.2 Å². The second kappa shape index (κ2) is 9.28. The van der Waals surface area contributed by atoms with Gasteiger partial charge >= 0.3 is 5.97 Å². The number of carbonyl (C=O) groups is 1. The van der Waals surface area contributed by atoms with Gasteiger partial charge in [0.05, 0.1) is 12.8 Å². The lowest BCUT2D eigenvalue weighted by Gasteiger charge is -2.09. The summed E-state index contributed by atoms with van der Waals surface area (Å²) in [7, 11) is 1.46. The average molecular weight is 433 g/mol. The second-order valence-corrected chi connectivity index (χ2v) is 6.87. The fourth-order valence-corrected chi connectivity index (χ4v) is 3.01. The van der Waals surface area contributed by atoms with Crippen molar-refractivity contribution in [3.63, 3.8) is 0 Å². The van der Waals surface area contributed by atoms with Gasteiger partial charge in [0.25, 0.3) is 0 Å². The molecule has 0 aliphatic heterocycles. The van der Waals surface area contributed by atoms with Crippen molar-refractivity contribution in [2.75, 3.05) is 7.11 Å². The van der Waals surface area contributed by atoms with Gasteiger partial charge in [-0.15, -0.1) is 10.2 Å². The van der Waals surface area contributed by atoms with Gasteiger partial charge in [-0.05, 0) is 60.7 Å². The van der Waals surface area contributed by atoms with Crippen molar-refractivity contribution in [1.82, 2.24) is 10.2 Å². The van der Waals surface area contributed by atoms with Gasteiger partial charge in [0.1, 0.15) is 22.8 Å². The van der Waals surface area contributed by atoms with Crippen LogP contribution in [0.4, 0.5) is 0 Å². The molecule has 0 unspecified atom stereocenters. The first-order chi connectivity index (χ1) is 15.1. The van der Waals surface area contributed by atoms with E-state index in [1.54, 1.807) is 24.3 Å². The van der Waals surface area contributed by atoms with Gasteiger partial charge in [-0.3, -0.25) is 0 Å². The Morgan fingerprint density at radius 2 is 1.58 bits per heavy atom. The molecule has 4 aromatic rings. The molecule has 3 aromatic carbocycles. The van der Waals surface area contributed by atoms with Gasteiger partial charge in [0.15, 0.2) is 0 Å². The number of para-hydroxylation sites is 1. The van der Waals surface area contributed by atoms with Crippen LogP contribution in [-0.2, 0) is 0 Å². The van der Waals surface area contributed by atoms with Crippen molar-refractivity contribution < 1.29 is 19.0 Å². The first-order valence-corrected chi connectivity index (χ1v) is 9.73. The minimum absolute atomic E-state index is 0.0693. The van der Waals surface area contributed by atoms with E-state index >= 15 is 0 Å². The van der Waals surface area contributed by atoms with E-state index in [2.05, 4.69) is 10.2 Å². The summed E-state index contributed by atoms with van der Waals surface area (Å²) in [6, 6.07) is 25.0. The molecule has 0 aliphatic rings. The van der Waals surface area contributed by atoms with Crippen LogP contribution in [0.3, 0.4) is 0 Å². The summed E-state index contributed by atoms with van der Waals surface area (Å²) < 4.78 is 16.3. The first kappa shape index (κ1) is 20.4. The van der Waals surface area contributed by atoms with Gasteiger partial charge in [-0.2, -0.15) is 0 Å². The lowest BCUT2D eigenvalue weighted by molar-refractivity contribution is 0.0722. The maximum Gasteiger partial charge on any atom is 0.348 e. The van der Waals surface area contributed by atoms with Crippen LogP contribution in [0.25, 0.3) is 11.3 Å². The van der Waals surface area contributed by atoms with Crippen LogP contribution in [0, 0.1) is 0 Å². The Morgan fingerprint density at radius 3 is 2.26 bits per heavy atom. The van der Waals surface area contributed by atoms with Crippen LogP contribution in [0.5, 0.6) is 23.1 Å².